The van der Waals surface area contributed by atoms with Crippen molar-refractivity contribution < 1.29 is 23.6 Å². The molecule has 0 aromatic carbocycles. The highest BCUT2D eigenvalue weighted by molar-refractivity contribution is 6.61. The van der Waals surface area contributed by atoms with E-state index in [-0.39, 0.29) is 23.9 Å². The molecule has 3 rings (SSSR count). The third-order valence-corrected chi connectivity index (χ3v) is 7.68. The zero-order chi connectivity index (χ0) is 29.3. The molecule has 3 heterocycles. The first kappa shape index (κ1) is 31.1. The summed E-state index contributed by atoms with van der Waals surface area (Å²) < 4.78 is 17.7. The van der Waals surface area contributed by atoms with Crippen molar-refractivity contribution >= 4 is 30.5 Å². The van der Waals surface area contributed by atoms with Gasteiger partial charge < -0.3 is 29.2 Å². The summed E-state index contributed by atoms with van der Waals surface area (Å²) in [6.07, 6.45) is 4.72. The Labute approximate surface area is 234 Å². The van der Waals surface area contributed by atoms with Gasteiger partial charge in [-0.25, -0.2) is 14.8 Å². The van der Waals surface area contributed by atoms with Gasteiger partial charge in [0, 0.05) is 43.0 Å². The SMILES string of the molecule is CC(C)[C@@H](NC(=O)OC(C)(C)C)C(=O)N1CCC[C@@H](N(c2ncc(B3OC(C)(C)C(C)(C)O3)cn2)C(C)C)C1. The molecule has 2 aliphatic rings. The monoisotopic (exact) mass is 545 g/mol. The molecule has 2 atom stereocenters. The molecule has 0 radical (unpaired) electrons. The largest absolute Gasteiger partial charge is 0.498 e. The molecular weight excluding hydrogens is 497 g/mol. The van der Waals surface area contributed by atoms with Crippen LogP contribution in [0.15, 0.2) is 12.4 Å². The zero-order valence-corrected chi connectivity index (χ0v) is 25.7. The lowest BCUT2D eigenvalue weighted by Gasteiger charge is -2.42. The second-order valence-electron chi connectivity index (χ2n) is 13.4. The number of alkyl carbamates (subject to hydrolysis) is 1. The van der Waals surface area contributed by atoms with Crippen LogP contribution in [-0.2, 0) is 18.8 Å². The van der Waals surface area contributed by atoms with Crippen molar-refractivity contribution in [1.29, 1.82) is 0 Å². The van der Waals surface area contributed by atoms with Gasteiger partial charge in [-0.2, -0.15) is 0 Å². The lowest BCUT2D eigenvalue weighted by molar-refractivity contribution is -0.135. The van der Waals surface area contributed by atoms with E-state index < -0.39 is 36.1 Å². The van der Waals surface area contributed by atoms with E-state index >= 15 is 0 Å². The van der Waals surface area contributed by atoms with Crippen LogP contribution in [-0.4, -0.2) is 82.0 Å². The number of carbonyl (C=O) groups excluding carboxylic acids is 2. The summed E-state index contributed by atoms with van der Waals surface area (Å²) in [6.45, 7) is 22.7. The summed E-state index contributed by atoms with van der Waals surface area (Å²) in [6, 6.07) is -0.505. The Kier molecular flexibility index (Phi) is 9.27. The third-order valence-electron chi connectivity index (χ3n) is 7.68. The van der Waals surface area contributed by atoms with Crippen LogP contribution in [0.25, 0.3) is 0 Å². The van der Waals surface area contributed by atoms with Gasteiger partial charge in [0.05, 0.1) is 11.2 Å². The summed E-state index contributed by atoms with van der Waals surface area (Å²) in [5.74, 6) is 0.426. The predicted octanol–water partition coefficient (Wildman–Crippen LogP) is 3.53. The van der Waals surface area contributed by atoms with Crippen molar-refractivity contribution in [1.82, 2.24) is 20.2 Å². The van der Waals surface area contributed by atoms with Gasteiger partial charge in [0.2, 0.25) is 11.9 Å². The van der Waals surface area contributed by atoms with Gasteiger partial charge in [-0.15, -0.1) is 0 Å². The van der Waals surface area contributed by atoms with E-state index in [2.05, 4.69) is 24.1 Å². The Hall–Kier alpha value is -2.40. The maximum atomic E-state index is 13.6. The van der Waals surface area contributed by atoms with Crippen molar-refractivity contribution in [2.75, 3.05) is 18.0 Å². The van der Waals surface area contributed by atoms with Gasteiger partial charge in [-0.05, 0) is 81.1 Å². The predicted molar refractivity (Wildman–Crippen MR) is 153 cm³/mol. The molecule has 1 aromatic heterocycles. The van der Waals surface area contributed by atoms with Crippen molar-refractivity contribution in [3.8, 4) is 0 Å². The molecule has 0 aliphatic carbocycles. The fourth-order valence-electron chi connectivity index (χ4n) is 4.91. The quantitative estimate of drug-likeness (QED) is 0.519. The topological polar surface area (TPSA) is 106 Å². The summed E-state index contributed by atoms with van der Waals surface area (Å²) in [4.78, 5) is 39.5. The van der Waals surface area contributed by atoms with Crippen molar-refractivity contribution in [2.45, 2.75) is 124 Å². The minimum atomic E-state index is -0.665. The lowest BCUT2D eigenvalue weighted by atomic mass is 9.81. The first-order chi connectivity index (χ1) is 17.9. The maximum absolute atomic E-state index is 13.6. The number of anilines is 1. The molecule has 0 spiro atoms. The first-order valence-electron chi connectivity index (χ1n) is 14.2. The molecule has 0 bridgehead atoms. The average Bonchev–Trinajstić information content (AvgIpc) is 3.03. The first-order valence-corrected chi connectivity index (χ1v) is 14.2. The molecular formula is C28H48BN5O5. The molecule has 218 valence electrons. The standard InChI is InChI=1S/C28H48BN5O5/c1-18(2)22(32-25(36)37-26(5,6)7)23(35)33-14-12-13-21(17-33)34(19(3)4)24-30-15-20(16-31-24)29-38-27(8,9)28(10,11)39-29/h15-16,18-19,21-22H,12-14,17H2,1-11H3,(H,32,36)/t21-,22-/m1/s1. The Morgan fingerprint density at radius 1 is 1.10 bits per heavy atom. The zero-order valence-electron chi connectivity index (χ0n) is 25.7. The van der Waals surface area contributed by atoms with E-state index in [9.17, 15) is 9.59 Å². The van der Waals surface area contributed by atoms with Crippen LogP contribution in [0.5, 0.6) is 0 Å². The Morgan fingerprint density at radius 2 is 1.67 bits per heavy atom. The molecule has 10 nitrogen and oxygen atoms in total. The molecule has 1 aromatic rings. The van der Waals surface area contributed by atoms with Crippen LogP contribution in [0.3, 0.4) is 0 Å². The number of nitrogens with one attached hydrogen (secondary N) is 1. The molecule has 1 N–H and O–H groups in total. The number of ether oxygens (including phenoxy) is 1. The van der Waals surface area contributed by atoms with Crippen molar-refractivity contribution in [3.05, 3.63) is 12.4 Å². The number of aromatic nitrogens is 2. The van der Waals surface area contributed by atoms with E-state index in [0.29, 0.717) is 19.0 Å². The molecule has 39 heavy (non-hydrogen) atoms. The van der Waals surface area contributed by atoms with Crippen LogP contribution < -0.4 is 15.7 Å². The summed E-state index contributed by atoms with van der Waals surface area (Å²) in [5.41, 5.74) is -0.745. The molecule has 0 unspecified atom stereocenters. The maximum Gasteiger partial charge on any atom is 0.498 e. The van der Waals surface area contributed by atoms with Crippen LogP contribution in [0, 0.1) is 5.92 Å². The van der Waals surface area contributed by atoms with Crippen molar-refractivity contribution in [3.63, 3.8) is 0 Å². The van der Waals surface area contributed by atoms with Gasteiger partial charge in [-0.3, -0.25) is 4.79 Å². The molecule has 2 fully saturated rings. The number of hydrogen-bond acceptors (Lipinski definition) is 8. The number of carbonyl (C=O) groups is 2. The van der Waals surface area contributed by atoms with E-state index in [4.69, 9.17) is 24.0 Å². The van der Waals surface area contributed by atoms with E-state index in [1.54, 1.807) is 33.2 Å². The summed E-state index contributed by atoms with van der Waals surface area (Å²) in [7, 11) is -0.523. The number of rotatable bonds is 7. The van der Waals surface area contributed by atoms with Crippen LogP contribution in [0.2, 0.25) is 0 Å². The average molecular weight is 546 g/mol. The minimum absolute atomic E-state index is 0.0414. The second kappa shape index (κ2) is 11.6. The fraction of sp³-hybridized carbons (Fsp3) is 0.786. The Morgan fingerprint density at radius 3 is 2.15 bits per heavy atom. The number of piperidine rings is 1. The van der Waals surface area contributed by atoms with E-state index in [0.717, 1.165) is 18.3 Å². The van der Waals surface area contributed by atoms with Gasteiger partial charge in [0.1, 0.15) is 11.6 Å². The van der Waals surface area contributed by atoms with E-state index in [1.807, 2.05) is 46.4 Å². The number of likely N-dealkylation sites (tertiary alicyclic amines) is 1. The van der Waals surface area contributed by atoms with Gasteiger partial charge >= 0.3 is 13.2 Å². The second-order valence-corrected chi connectivity index (χ2v) is 13.4. The van der Waals surface area contributed by atoms with Crippen LogP contribution >= 0.6 is 0 Å². The smallest absolute Gasteiger partial charge is 0.444 e. The van der Waals surface area contributed by atoms with Gasteiger partial charge in [0.15, 0.2) is 0 Å². The number of nitrogens with zero attached hydrogens (tertiary/aromatic N) is 4. The van der Waals surface area contributed by atoms with Gasteiger partial charge in [-0.1, -0.05) is 13.8 Å². The molecule has 2 aliphatic heterocycles. The van der Waals surface area contributed by atoms with Crippen molar-refractivity contribution in [2.24, 2.45) is 5.92 Å². The fourth-order valence-corrected chi connectivity index (χ4v) is 4.91. The number of hydrogen-bond donors (Lipinski definition) is 1. The highest BCUT2D eigenvalue weighted by Crippen LogP contribution is 2.36. The molecule has 2 amide bonds. The summed E-state index contributed by atoms with van der Waals surface area (Å²) in [5, 5.41) is 2.80. The lowest BCUT2D eigenvalue weighted by Crippen LogP contribution is -2.58. The Balaban J connectivity index is 1.73. The third kappa shape index (κ3) is 7.42. The minimum Gasteiger partial charge on any atom is -0.444 e. The van der Waals surface area contributed by atoms with Gasteiger partial charge in [0.25, 0.3) is 0 Å². The molecule has 11 heteroatoms. The molecule has 0 saturated carbocycles. The highest BCUT2D eigenvalue weighted by Gasteiger charge is 2.52. The number of amides is 2. The van der Waals surface area contributed by atoms with Crippen LogP contribution in [0.4, 0.5) is 10.7 Å². The Bertz CT molecular complexity index is 993. The normalized spacial score (nSPS) is 21.7. The molecule has 2 saturated heterocycles. The highest BCUT2D eigenvalue weighted by atomic mass is 16.7. The van der Waals surface area contributed by atoms with E-state index in [1.165, 1.54) is 0 Å². The van der Waals surface area contributed by atoms with Crippen LogP contribution in [0.1, 0.15) is 89.0 Å². The summed E-state index contributed by atoms with van der Waals surface area (Å²) >= 11 is 0.